The van der Waals surface area contributed by atoms with E-state index in [2.05, 4.69) is 57.3 Å². The Morgan fingerprint density at radius 3 is 2.04 bits per heavy atom. The summed E-state index contributed by atoms with van der Waals surface area (Å²) >= 11 is 2.51. The molecule has 1 aromatic heterocycles. The maximum atomic E-state index is 13.8. The molecule has 262 valence electrons. The van der Waals surface area contributed by atoms with Gasteiger partial charge in [-0.1, -0.05) is 101 Å². The number of hydrogen-bond donors (Lipinski definition) is 3. The van der Waals surface area contributed by atoms with Crippen molar-refractivity contribution < 1.29 is 29.2 Å². The fraction of sp³-hybridized carbons (Fsp3) is 0.243. The van der Waals surface area contributed by atoms with E-state index in [-0.39, 0.29) is 22.0 Å². The van der Waals surface area contributed by atoms with Crippen molar-refractivity contribution in [3.8, 4) is 0 Å². The topological polar surface area (TPSA) is 155 Å². The molecule has 2 aliphatic rings. The summed E-state index contributed by atoms with van der Waals surface area (Å²) in [5.41, 5.74) is 1.33. The Kier molecular flexibility index (Phi) is 10.3. The number of thioether (sulfide) groups is 1. The van der Waals surface area contributed by atoms with E-state index in [0.29, 0.717) is 10.9 Å². The van der Waals surface area contributed by atoms with E-state index in [1.165, 1.54) is 35.1 Å². The van der Waals surface area contributed by atoms with Gasteiger partial charge in [0, 0.05) is 11.1 Å². The van der Waals surface area contributed by atoms with Crippen molar-refractivity contribution in [2.45, 2.75) is 44.0 Å². The van der Waals surface area contributed by atoms with Crippen LogP contribution in [0.15, 0.2) is 117 Å². The summed E-state index contributed by atoms with van der Waals surface area (Å²) in [6, 6.07) is 28.6. The van der Waals surface area contributed by atoms with Gasteiger partial charge in [-0.3, -0.25) is 14.5 Å². The monoisotopic (exact) mass is 724 g/mol. The van der Waals surface area contributed by atoms with Gasteiger partial charge in [0.15, 0.2) is 10.8 Å². The maximum absolute atomic E-state index is 13.8. The van der Waals surface area contributed by atoms with Gasteiger partial charge in [0.2, 0.25) is 0 Å². The number of fused-ring (bicyclic) bond motifs is 1. The van der Waals surface area contributed by atoms with E-state index in [1.54, 1.807) is 26.2 Å². The lowest BCUT2D eigenvalue weighted by Gasteiger charge is -2.49. The van der Waals surface area contributed by atoms with Crippen molar-refractivity contribution >= 4 is 57.9 Å². The average molecular weight is 725 g/mol. The molecule has 0 aliphatic carbocycles. The Hall–Kier alpha value is -5.47. The molecule has 0 radical (unpaired) electrons. The third-order valence-corrected chi connectivity index (χ3v) is 10.1. The van der Waals surface area contributed by atoms with E-state index in [1.807, 2.05) is 54.6 Å². The van der Waals surface area contributed by atoms with Gasteiger partial charge in [0.05, 0.1) is 17.2 Å². The number of nitrogens with one attached hydrogen (secondary N) is 2. The zero-order chi connectivity index (χ0) is 36.2. The predicted octanol–water partition coefficient (Wildman–Crippen LogP) is 5.35. The zero-order valence-electron chi connectivity index (χ0n) is 28.3. The Bertz CT molecular complexity index is 1900. The summed E-state index contributed by atoms with van der Waals surface area (Å²) in [5, 5.41) is 24.9. The number of aromatic nitrogens is 1. The Morgan fingerprint density at radius 2 is 1.53 bits per heavy atom. The number of benzene rings is 3. The van der Waals surface area contributed by atoms with E-state index in [0.717, 1.165) is 22.9 Å². The van der Waals surface area contributed by atoms with Gasteiger partial charge >= 0.3 is 5.97 Å². The van der Waals surface area contributed by atoms with Crippen LogP contribution in [0.1, 0.15) is 43.2 Å². The number of esters is 1. The van der Waals surface area contributed by atoms with Crippen molar-refractivity contribution in [1.82, 2.24) is 15.2 Å². The molecule has 3 aromatic carbocycles. The highest BCUT2D eigenvalue weighted by Crippen LogP contribution is 2.41. The normalized spacial score (nSPS) is 17.8. The number of anilines is 1. The van der Waals surface area contributed by atoms with Crippen LogP contribution >= 0.6 is 23.1 Å². The molecule has 4 aromatic rings. The smallest absolute Gasteiger partial charge is 0.356 e. The summed E-state index contributed by atoms with van der Waals surface area (Å²) in [6.45, 7) is 5.13. The van der Waals surface area contributed by atoms with Gasteiger partial charge in [-0.25, -0.2) is 9.78 Å². The van der Waals surface area contributed by atoms with Gasteiger partial charge < -0.3 is 25.4 Å². The number of oxime groups is 2. The lowest BCUT2D eigenvalue weighted by atomic mass is 9.77. The van der Waals surface area contributed by atoms with Crippen molar-refractivity contribution in [3.63, 3.8) is 0 Å². The van der Waals surface area contributed by atoms with Crippen LogP contribution in [-0.2, 0) is 29.5 Å². The molecule has 0 spiro atoms. The highest BCUT2D eigenvalue weighted by Gasteiger charge is 2.54. The summed E-state index contributed by atoms with van der Waals surface area (Å²) < 4.78 is 5.54. The summed E-state index contributed by atoms with van der Waals surface area (Å²) in [6.07, 6.45) is 1.10. The third kappa shape index (κ3) is 7.10. The summed E-state index contributed by atoms with van der Waals surface area (Å²) in [5.74, 6) is -1.61. The van der Waals surface area contributed by atoms with Gasteiger partial charge in [0.25, 0.3) is 11.8 Å². The summed E-state index contributed by atoms with van der Waals surface area (Å²) in [4.78, 5) is 51.8. The van der Waals surface area contributed by atoms with Gasteiger partial charge in [-0.2, -0.15) is 0 Å². The van der Waals surface area contributed by atoms with Crippen LogP contribution in [0.2, 0.25) is 0 Å². The third-order valence-electron chi connectivity index (χ3n) is 8.22. The Balaban J connectivity index is 1.28. The lowest BCUT2D eigenvalue weighted by Crippen LogP contribution is -2.73. The van der Waals surface area contributed by atoms with Crippen molar-refractivity contribution in [2.24, 2.45) is 10.3 Å². The number of amides is 2. The first-order valence-electron chi connectivity index (χ1n) is 16.0. The van der Waals surface area contributed by atoms with Crippen molar-refractivity contribution in [1.29, 1.82) is 0 Å². The average Bonchev–Trinajstić information content (AvgIpc) is 3.60. The zero-order valence-corrected chi connectivity index (χ0v) is 29.9. The molecule has 2 aliphatic heterocycles. The lowest BCUT2D eigenvalue weighted by molar-refractivity contribution is -0.160. The molecule has 0 bridgehead atoms. The van der Waals surface area contributed by atoms with Crippen LogP contribution in [0.5, 0.6) is 0 Å². The van der Waals surface area contributed by atoms with Crippen LogP contribution in [0.4, 0.5) is 5.13 Å². The minimum atomic E-state index is -0.963. The SMILES string of the molecule is CON=C(C(=O)NC1C(=O)N2C(C(=O)OC(C)(C)C)=C(C=NO)SCC12)c1csc(NC(c2ccccc2)(c2ccccc2)c2ccccc2)n1. The van der Waals surface area contributed by atoms with Crippen molar-refractivity contribution in [2.75, 3.05) is 18.2 Å². The molecule has 1 saturated heterocycles. The molecule has 6 rings (SSSR count). The van der Waals surface area contributed by atoms with E-state index in [9.17, 15) is 19.6 Å². The Labute approximate surface area is 303 Å². The molecule has 12 nitrogen and oxygen atoms in total. The number of β-lactam (4-membered cyclic amide) rings is 1. The molecule has 2 atom stereocenters. The standard InChI is InChI=1S/C37H36N6O6S2/c1-36(2,3)49-34(46)31-28(20-38-47)50-22-27-30(33(45)43(27)31)40-32(44)29(42-48-4)26-21-51-35(39-26)41-37(23-14-8-5-9-15-23,24-16-10-6-11-17-24)25-18-12-7-13-19-25/h5-21,27,30,47H,22H2,1-4H3,(H,39,41)(H,40,44). The number of nitrogens with zero attached hydrogens (tertiary/aromatic N) is 4. The van der Waals surface area contributed by atoms with Crippen LogP contribution in [-0.4, -0.2) is 75.3 Å². The minimum absolute atomic E-state index is 0.0424. The molecule has 1 fully saturated rings. The van der Waals surface area contributed by atoms with Gasteiger partial charge in [0.1, 0.15) is 35.7 Å². The number of carbonyl (C=O) groups is 3. The van der Waals surface area contributed by atoms with Crippen LogP contribution < -0.4 is 10.6 Å². The van der Waals surface area contributed by atoms with E-state index < -0.39 is 41.0 Å². The second kappa shape index (κ2) is 14.8. The number of allylic oxidation sites excluding steroid dienone is 1. The number of thiazole rings is 1. The molecule has 51 heavy (non-hydrogen) atoms. The maximum Gasteiger partial charge on any atom is 0.356 e. The first-order valence-corrected chi connectivity index (χ1v) is 17.9. The number of ether oxygens (including phenoxy) is 1. The van der Waals surface area contributed by atoms with E-state index >= 15 is 0 Å². The molecular weight excluding hydrogens is 689 g/mol. The highest BCUT2D eigenvalue weighted by atomic mass is 32.2. The second-order valence-electron chi connectivity index (χ2n) is 12.6. The Morgan fingerprint density at radius 1 is 0.961 bits per heavy atom. The van der Waals surface area contributed by atoms with Crippen molar-refractivity contribution in [3.05, 3.63) is 129 Å². The summed E-state index contributed by atoms with van der Waals surface area (Å²) in [7, 11) is 1.32. The van der Waals surface area contributed by atoms with Crippen LogP contribution in [0.25, 0.3) is 0 Å². The molecule has 3 N–H and O–H groups in total. The quantitative estimate of drug-likeness (QED) is 0.0464. The second-order valence-corrected chi connectivity index (χ2v) is 14.6. The molecule has 3 heterocycles. The molecule has 2 amide bonds. The number of hydrogen-bond acceptors (Lipinski definition) is 12. The number of rotatable bonds is 11. The van der Waals surface area contributed by atoms with Crippen LogP contribution in [0, 0.1) is 0 Å². The molecule has 0 saturated carbocycles. The first-order chi connectivity index (χ1) is 24.6. The highest BCUT2D eigenvalue weighted by molar-refractivity contribution is 8.04. The molecule has 14 heteroatoms. The molecular formula is C37H36N6O6S2. The minimum Gasteiger partial charge on any atom is -0.455 e. The first kappa shape index (κ1) is 35.4. The predicted molar refractivity (Wildman–Crippen MR) is 197 cm³/mol. The van der Waals surface area contributed by atoms with Gasteiger partial charge in [-0.05, 0) is 37.5 Å². The fourth-order valence-electron chi connectivity index (χ4n) is 6.07. The fourth-order valence-corrected chi connectivity index (χ4v) is 7.96. The van der Waals surface area contributed by atoms with Crippen LogP contribution in [0.3, 0.4) is 0 Å². The van der Waals surface area contributed by atoms with E-state index in [4.69, 9.17) is 14.6 Å². The van der Waals surface area contributed by atoms with Gasteiger partial charge in [-0.15, -0.1) is 23.1 Å². The largest absolute Gasteiger partial charge is 0.455 e. The molecule has 2 unspecified atom stereocenters. The number of carbonyl (C=O) groups excluding carboxylic acids is 3.